The van der Waals surface area contributed by atoms with Gasteiger partial charge in [0.25, 0.3) is 0 Å². The van der Waals surface area contributed by atoms with Crippen LogP contribution < -0.4 is 5.32 Å². The Balaban J connectivity index is 2.33. The van der Waals surface area contributed by atoms with E-state index >= 15 is 0 Å². The number of aryl methyl sites for hydroxylation is 2. The molecule has 0 aromatic heterocycles. The van der Waals surface area contributed by atoms with E-state index in [0.29, 0.717) is 0 Å². The highest BCUT2D eigenvalue weighted by molar-refractivity contribution is 5.52. The molecule has 0 aliphatic heterocycles. The normalized spacial score (nSPS) is 10.9. The maximum Gasteiger partial charge on any atom is 0.0372 e. The van der Waals surface area contributed by atoms with Crippen LogP contribution in [0.25, 0.3) is 0 Å². The molecule has 0 fully saturated rings. The number of nitrogens with zero attached hydrogens (tertiary/aromatic N) is 1. The van der Waals surface area contributed by atoms with Gasteiger partial charge in [-0.3, -0.25) is 0 Å². The number of rotatable bonds is 7. The molecule has 0 bridgehead atoms. The number of benzene rings is 1. The molecule has 0 radical (unpaired) electrons. The molecule has 1 N–H and O–H groups in total. The zero-order valence-electron chi connectivity index (χ0n) is 11.7. The van der Waals surface area contributed by atoms with Crippen molar-refractivity contribution < 1.29 is 0 Å². The molecular weight excluding hydrogens is 208 g/mol. The van der Waals surface area contributed by atoms with Crippen LogP contribution in [0, 0.1) is 13.8 Å². The SMILES string of the molecule is CCN(CC)CCCNc1cc(C)ccc1C. The largest absolute Gasteiger partial charge is 0.385 e. The van der Waals surface area contributed by atoms with Gasteiger partial charge in [0.1, 0.15) is 0 Å². The van der Waals surface area contributed by atoms with Crippen molar-refractivity contribution in [1.82, 2.24) is 4.90 Å². The van der Waals surface area contributed by atoms with Crippen LogP contribution in [0.4, 0.5) is 5.69 Å². The Morgan fingerprint density at radius 3 is 2.47 bits per heavy atom. The summed E-state index contributed by atoms with van der Waals surface area (Å²) in [4.78, 5) is 2.46. The van der Waals surface area contributed by atoms with Crippen molar-refractivity contribution in [1.29, 1.82) is 0 Å². The van der Waals surface area contributed by atoms with Crippen LogP contribution in [0.1, 0.15) is 31.4 Å². The maximum absolute atomic E-state index is 3.53. The predicted octanol–water partition coefficient (Wildman–Crippen LogP) is 3.45. The first-order chi connectivity index (χ1) is 8.17. The molecule has 0 spiro atoms. The Morgan fingerprint density at radius 1 is 1.12 bits per heavy atom. The molecule has 1 aromatic rings. The van der Waals surface area contributed by atoms with Gasteiger partial charge in [0.15, 0.2) is 0 Å². The van der Waals surface area contributed by atoms with Gasteiger partial charge in [0.05, 0.1) is 0 Å². The van der Waals surface area contributed by atoms with Crippen LogP contribution in [-0.4, -0.2) is 31.1 Å². The van der Waals surface area contributed by atoms with Crippen molar-refractivity contribution in [3.05, 3.63) is 29.3 Å². The van der Waals surface area contributed by atoms with Crippen molar-refractivity contribution >= 4 is 5.69 Å². The molecule has 0 atom stereocenters. The van der Waals surface area contributed by atoms with E-state index < -0.39 is 0 Å². The van der Waals surface area contributed by atoms with Gasteiger partial charge in [-0.15, -0.1) is 0 Å². The lowest BCUT2D eigenvalue weighted by Gasteiger charge is -2.18. The quantitative estimate of drug-likeness (QED) is 0.727. The van der Waals surface area contributed by atoms with Gasteiger partial charge < -0.3 is 10.2 Å². The molecule has 0 aliphatic rings. The Morgan fingerprint density at radius 2 is 1.82 bits per heavy atom. The Bertz CT molecular complexity index is 330. The van der Waals surface area contributed by atoms with Crippen molar-refractivity contribution in [3.63, 3.8) is 0 Å². The molecule has 0 saturated heterocycles. The highest BCUT2D eigenvalue weighted by Gasteiger charge is 2.00. The molecule has 0 saturated carbocycles. The van der Waals surface area contributed by atoms with E-state index in [1.807, 2.05) is 0 Å². The Labute approximate surface area is 106 Å². The van der Waals surface area contributed by atoms with E-state index in [9.17, 15) is 0 Å². The summed E-state index contributed by atoms with van der Waals surface area (Å²) in [6.45, 7) is 13.3. The Kier molecular flexibility index (Phi) is 6.06. The van der Waals surface area contributed by atoms with Crippen LogP contribution in [0.3, 0.4) is 0 Å². The Hall–Kier alpha value is -1.02. The first kappa shape index (κ1) is 14.0. The highest BCUT2D eigenvalue weighted by Crippen LogP contribution is 2.16. The fraction of sp³-hybridized carbons (Fsp3) is 0.600. The van der Waals surface area contributed by atoms with Gasteiger partial charge in [-0.1, -0.05) is 26.0 Å². The lowest BCUT2D eigenvalue weighted by Crippen LogP contribution is -2.25. The lowest BCUT2D eigenvalue weighted by molar-refractivity contribution is 0.303. The number of nitrogens with one attached hydrogen (secondary N) is 1. The molecule has 2 nitrogen and oxygen atoms in total. The van der Waals surface area contributed by atoms with E-state index in [1.165, 1.54) is 29.8 Å². The first-order valence-electron chi connectivity index (χ1n) is 6.70. The number of hydrogen-bond donors (Lipinski definition) is 1. The van der Waals surface area contributed by atoms with Crippen molar-refractivity contribution in [2.75, 3.05) is 31.5 Å². The van der Waals surface area contributed by atoms with E-state index in [2.05, 4.69) is 56.1 Å². The summed E-state index contributed by atoms with van der Waals surface area (Å²) in [5.74, 6) is 0. The van der Waals surface area contributed by atoms with Crippen molar-refractivity contribution in [2.24, 2.45) is 0 Å². The molecule has 0 amide bonds. The average molecular weight is 234 g/mol. The zero-order valence-corrected chi connectivity index (χ0v) is 11.7. The summed E-state index contributed by atoms with van der Waals surface area (Å²) in [6, 6.07) is 6.57. The molecule has 96 valence electrons. The van der Waals surface area contributed by atoms with Crippen LogP contribution in [-0.2, 0) is 0 Å². The van der Waals surface area contributed by atoms with Gasteiger partial charge in [-0.2, -0.15) is 0 Å². The summed E-state index contributed by atoms with van der Waals surface area (Å²) < 4.78 is 0. The fourth-order valence-electron chi connectivity index (χ4n) is 1.99. The van der Waals surface area contributed by atoms with Crippen LogP contribution >= 0.6 is 0 Å². The minimum atomic E-state index is 1.06. The van der Waals surface area contributed by atoms with Crippen LogP contribution in [0.15, 0.2) is 18.2 Å². The predicted molar refractivity (Wildman–Crippen MR) is 76.8 cm³/mol. The molecule has 0 unspecified atom stereocenters. The average Bonchev–Trinajstić information content (AvgIpc) is 2.33. The molecule has 1 rings (SSSR count). The van der Waals surface area contributed by atoms with Gasteiger partial charge in [-0.25, -0.2) is 0 Å². The molecule has 2 heteroatoms. The van der Waals surface area contributed by atoms with E-state index in [1.54, 1.807) is 0 Å². The first-order valence-corrected chi connectivity index (χ1v) is 6.70. The topological polar surface area (TPSA) is 15.3 Å². The van der Waals surface area contributed by atoms with E-state index in [0.717, 1.165) is 19.6 Å². The summed E-state index contributed by atoms with van der Waals surface area (Å²) in [6.07, 6.45) is 1.20. The second-order valence-corrected chi connectivity index (χ2v) is 4.63. The molecule has 0 heterocycles. The number of anilines is 1. The third kappa shape index (κ3) is 4.78. The van der Waals surface area contributed by atoms with Crippen LogP contribution in [0.5, 0.6) is 0 Å². The van der Waals surface area contributed by atoms with Crippen molar-refractivity contribution in [3.8, 4) is 0 Å². The van der Waals surface area contributed by atoms with Gasteiger partial charge in [0.2, 0.25) is 0 Å². The third-order valence-corrected chi connectivity index (χ3v) is 3.25. The smallest absolute Gasteiger partial charge is 0.0372 e. The van der Waals surface area contributed by atoms with E-state index in [4.69, 9.17) is 0 Å². The molecule has 17 heavy (non-hydrogen) atoms. The van der Waals surface area contributed by atoms with E-state index in [-0.39, 0.29) is 0 Å². The lowest BCUT2D eigenvalue weighted by atomic mass is 10.1. The van der Waals surface area contributed by atoms with Crippen molar-refractivity contribution in [2.45, 2.75) is 34.1 Å². The second kappa shape index (κ2) is 7.33. The summed E-state index contributed by atoms with van der Waals surface area (Å²) in [5, 5.41) is 3.53. The molecule has 1 aromatic carbocycles. The third-order valence-electron chi connectivity index (χ3n) is 3.25. The summed E-state index contributed by atoms with van der Waals surface area (Å²) >= 11 is 0. The minimum absolute atomic E-state index is 1.06. The van der Waals surface area contributed by atoms with Gasteiger partial charge in [-0.05, 0) is 57.1 Å². The zero-order chi connectivity index (χ0) is 12.7. The summed E-state index contributed by atoms with van der Waals surface area (Å²) in [5.41, 5.74) is 3.94. The standard InChI is InChI=1S/C15H26N2/c1-5-17(6-2)11-7-10-16-15-12-13(3)8-9-14(15)4/h8-9,12,16H,5-7,10-11H2,1-4H3. The van der Waals surface area contributed by atoms with Gasteiger partial charge >= 0.3 is 0 Å². The summed E-state index contributed by atoms with van der Waals surface area (Å²) in [7, 11) is 0. The van der Waals surface area contributed by atoms with Gasteiger partial charge in [0, 0.05) is 12.2 Å². The maximum atomic E-state index is 3.53. The monoisotopic (exact) mass is 234 g/mol. The second-order valence-electron chi connectivity index (χ2n) is 4.63. The minimum Gasteiger partial charge on any atom is -0.385 e. The van der Waals surface area contributed by atoms with Crippen LogP contribution in [0.2, 0.25) is 0 Å². The highest BCUT2D eigenvalue weighted by atomic mass is 15.1. The number of hydrogen-bond acceptors (Lipinski definition) is 2. The fourth-order valence-corrected chi connectivity index (χ4v) is 1.99. The molecule has 0 aliphatic carbocycles. The molecular formula is C15H26N2.